The van der Waals surface area contributed by atoms with Crippen LogP contribution in [0.15, 0.2) is 24.3 Å². The summed E-state index contributed by atoms with van der Waals surface area (Å²) in [7, 11) is -3.58. The van der Waals surface area contributed by atoms with Gasteiger partial charge in [0.2, 0.25) is 10.0 Å². The maximum absolute atomic E-state index is 13.6. The predicted octanol–water partition coefficient (Wildman–Crippen LogP) is 2.38. The van der Waals surface area contributed by atoms with Gasteiger partial charge in [-0.15, -0.1) is 0 Å². The molecule has 2 rings (SSSR count). The molecule has 1 aliphatic carbocycles. The topological polar surface area (TPSA) is 97.5 Å². The Morgan fingerprint density at radius 1 is 1.22 bits per heavy atom. The largest absolute Gasteiger partial charge is 0.490 e. The number of carboxylic acid groups (broad SMARTS) is 1. The summed E-state index contributed by atoms with van der Waals surface area (Å²) in [5.74, 6) is -3.40. The van der Waals surface area contributed by atoms with Gasteiger partial charge in [0.1, 0.15) is 5.82 Å². The molecule has 2 atom stereocenters. The number of carbonyl (C=O) groups is 1. The fraction of sp³-hybridized carbons (Fsp3) is 0.462. The summed E-state index contributed by atoms with van der Waals surface area (Å²) in [6, 6.07) is 6.31. The van der Waals surface area contributed by atoms with E-state index < -0.39 is 27.4 Å². The second kappa shape index (κ2) is 7.26. The molecule has 1 aromatic rings. The summed E-state index contributed by atoms with van der Waals surface area (Å²) in [5, 5.41) is 11.7. The number of halogens is 4. The molecule has 1 fully saturated rings. The van der Waals surface area contributed by atoms with Crippen molar-refractivity contribution in [3.05, 3.63) is 35.6 Å². The zero-order chi connectivity index (χ0) is 17.8. The van der Waals surface area contributed by atoms with E-state index in [4.69, 9.17) is 15.0 Å². The van der Waals surface area contributed by atoms with Crippen molar-refractivity contribution in [2.24, 2.45) is 5.14 Å². The molecule has 130 valence electrons. The quantitative estimate of drug-likeness (QED) is 0.794. The zero-order valence-electron chi connectivity index (χ0n) is 11.8. The molecule has 0 bridgehead atoms. The van der Waals surface area contributed by atoms with E-state index in [2.05, 4.69) is 0 Å². The summed E-state index contributed by atoms with van der Waals surface area (Å²) < 4.78 is 68.1. The van der Waals surface area contributed by atoms with E-state index in [0.717, 1.165) is 6.42 Å². The van der Waals surface area contributed by atoms with Crippen LogP contribution in [0, 0.1) is 5.82 Å². The molecule has 2 unspecified atom stereocenters. The van der Waals surface area contributed by atoms with Crippen molar-refractivity contribution in [3.8, 4) is 0 Å². The van der Waals surface area contributed by atoms with Crippen LogP contribution in [0.2, 0.25) is 0 Å². The highest BCUT2D eigenvalue weighted by Crippen LogP contribution is 2.38. The third kappa shape index (κ3) is 5.47. The molecule has 23 heavy (non-hydrogen) atoms. The van der Waals surface area contributed by atoms with E-state index in [9.17, 15) is 26.0 Å². The molecule has 1 aliphatic rings. The van der Waals surface area contributed by atoms with Gasteiger partial charge in [0.25, 0.3) is 0 Å². The third-order valence-electron chi connectivity index (χ3n) is 3.42. The molecule has 1 aromatic carbocycles. The SMILES string of the molecule is NS(=O)(=O)C1CCCC1c1ccccc1F.O=C(O)C(F)(F)F. The van der Waals surface area contributed by atoms with Crippen LogP contribution in [0.1, 0.15) is 30.7 Å². The Balaban J connectivity index is 0.000000322. The smallest absolute Gasteiger partial charge is 0.475 e. The Labute approximate surface area is 130 Å². The van der Waals surface area contributed by atoms with E-state index in [1.165, 1.54) is 6.07 Å². The minimum Gasteiger partial charge on any atom is -0.475 e. The highest BCUT2D eigenvalue weighted by Gasteiger charge is 2.38. The van der Waals surface area contributed by atoms with E-state index in [1.54, 1.807) is 18.2 Å². The Hall–Kier alpha value is -1.68. The second-order valence-corrected chi connectivity index (χ2v) is 6.77. The summed E-state index contributed by atoms with van der Waals surface area (Å²) in [6.45, 7) is 0. The average Bonchev–Trinajstić information content (AvgIpc) is 2.87. The van der Waals surface area contributed by atoms with Gasteiger partial charge in [-0.1, -0.05) is 24.6 Å². The summed E-state index contributed by atoms with van der Waals surface area (Å²) in [6.07, 6.45) is -3.10. The molecule has 0 radical (unpaired) electrons. The molecule has 5 nitrogen and oxygen atoms in total. The standard InChI is InChI=1S/C11H14FNO2S.C2HF3O2/c12-10-6-2-1-4-8(10)9-5-3-7-11(9)16(13,14)15;3-2(4,5)1(6)7/h1-2,4,6,9,11H,3,5,7H2,(H2,13,14,15);(H,6,7). The summed E-state index contributed by atoms with van der Waals surface area (Å²) in [5.41, 5.74) is 0.471. The van der Waals surface area contributed by atoms with Gasteiger partial charge in [-0.2, -0.15) is 13.2 Å². The van der Waals surface area contributed by atoms with Crippen LogP contribution in [0.25, 0.3) is 0 Å². The Morgan fingerprint density at radius 2 is 1.74 bits per heavy atom. The third-order valence-corrected chi connectivity index (χ3v) is 4.83. The van der Waals surface area contributed by atoms with Gasteiger partial charge in [-0.05, 0) is 24.5 Å². The number of aliphatic carboxylic acids is 1. The van der Waals surface area contributed by atoms with Gasteiger partial charge >= 0.3 is 12.1 Å². The number of benzene rings is 1. The first-order valence-electron chi connectivity index (χ1n) is 6.50. The van der Waals surface area contributed by atoms with Gasteiger partial charge in [0, 0.05) is 5.92 Å². The molecular weight excluding hydrogens is 342 g/mol. The van der Waals surface area contributed by atoms with Gasteiger partial charge in [0.15, 0.2) is 0 Å². The summed E-state index contributed by atoms with van der Waals surface area (Å²) in [4.78, 5) is 8.90. The fourth-order valence-corrected chi connectivity index (χ4v) is 3.69. The number of hydrogen-bond acceptors (Lipinski definition) is 3. The molecule has 0 amide bonds. The van der Waals surface area contributed by atoms with E-state index >= 15 is 0 Å². The normalized spacial score (nSPS) is 21.4. The van der Waals surface area contributed by atoms with E-state index in [0.29, 0.717) is 18.4 Å². The minimum absolute atomic E-state index is 0.295. The van der Waals surface area contributed by atoms with Crippen LogP contribution < -0.4 is 5.14 Å². The second-order valence-electron chi connectivity index (χ2n) is 4.99. The molecule has 0 aromatic heterocycles. The molecule has 0 aliphatic heterocycles. The number of nitrogens with two attached hydrogens (primary N) is 1. The number of carboxylic acids is 1. The van der Waals surface area contributed by atoms with Crippen molar-refractivity contribution in [3.63, 3.8) is 0 Å². The predicted molar refractivity (Wildman–Crippen MR) is 73.6 cm³/mol. The average molecular weight is 357 g/mol. The Bertz CT molecular complexity index is 660. The van der Waals surface area contributed by atoms with Crippen molar-refractivity contribution >= 4 is 16.0 Å². The van der Waals surface area contributed by atoms with Gasteiger partial charge < -0.3 is 5.11 Å². The monoisotopic (exact) mass is 357 g/mol. The zero-order valence-corrected chi connectivity index (χ0v) is 12.6. The highest BCUT2D eigenvalue weighted by molar-refractivity contribution is 7.89. The molecular formula is C13H15F4NO4S. The number of sulfonamides is 1. The lowest BCUT2D eigenvalue weighted by molar-refractivity contribution is -0.192. The van der Waals surface area contributed by atoms with Crippen LogP contribution in [-0.4, -0.2) is 30.9 Å². The Kier molecular flexibility index (Phi) is 6.11. The van der Waals surface area contributed by atoms with Crippen LogP contribution in [0.5, 0.6) is 0 Å². The lowest BCUT2D eigenvalue weighted by Crippen LogP contribution is -2.30. The molecule has 0 saturated heterocycles. The number of alkyl halides is 3. The van der Waals surface area contributed by atoms with E-state index in [-0.39, 0.29) is 11.7 Å². The first-order chi connectivity index (χ1) is 10.4. The van der Waals surface area contributed by atoms with Crippen molar-refractivity contribution in [1.82, 2.24) is 0 Å². The number of hydrogen-bond donors (Lipinski definition) is 2. The minimum atomic E-state index is -5.08. The van der Waals surface area contributed by atoms with Crippen molar-refractivity contribution in [1.29, 1.82) is 0 Å². The van der Waals surface area contributed by atoms with Gasteiger partial charge in [-0.25, -0.2) is 22.7 Å². The van der Waals surface area contributed by atoms with Crippen molar-refractivity contribution in [2.75, 3.05) is 0 Å². The molecule has 1 saturated carbocycles. The van der Waals surface area contributed by atoms with Crippen LogP contribution in [-0.2, 0) is 14.8 Å². The van der Waals surface area contributed by atoms with Crippen LogP contribution in [0.3, 0.4) is 0 Å². The van der Waals surface area contributed by atoms with Crippen molar-refractivity contribution < 1.29 is 35.9 Å². The number of rotatable bonds is 2. The maximum atomic E-state index is 13.6. The molecule has 3 N–H and O–H groups in total. The van der Waals surface area contributed by atoms with E-state index in [1.807, 2.05) is 0 Å². The molecule has 0 heterocycles. The Morgan fingerprint density at radius 3 is 2.17 bits per heavy atom. The summed E-state index contributed by atoms with van der Waals surface area (Å²) >= 11 is 0. The first kappa shape index (κ1) is 19.4. The maximum Gasteiger partial charge on any atom is 0.490 e. The number of primary sulfonamides is 1. The van der Waals surface area contributed by atoms with Crippen LogP contribution in [0.4, 0.5) is 17.6 Å². The molecule has 10 heteroatoms. The lowest BCUT2D eigenvalue weighted by atomic mass is 9.97. The fourth-order valence-electron chi connectivity index (χ4n) is 2.45. The lowest BCUT2D eigenvalue weighted by Gasteiger charge is -2.18. The first-order valence-corrected chi connectivity index (χ1v) is 8.11. The van der Waals surface area contributed by atoms with Crippen molar-refractivity contribution in [2.45, 2.75) is 36.6 Å². The van der Waals surface area contributed by atoms with Gasteiger partial charge in [-0.3, -0.25) is 0 Å². The highest BCUT2D eigenvalue weighted by atomic mass is 32.2. The van der Waals surface area contributed by atoms with Gasteiger partial charge in [0.05, 0.1) is 5.25 Å². The van der Waals surface area contributed by atoms with Crippen LogP contribution >= 0.6 is 0 Å². The molecule has 0 spiro atoms.